The summed E-state index contributed by atoms with van der Waals surface area (Å²) in [5.74, 6) is -1.61. The SMILES string of the molecule is CC(C)[C@@H](N)C(=O)N[C@@H](Cc1cnc[nH]1)C(=O)O. The number of carbonyl (C=O) groups is 2. The highest BCUT2D eigenvalue weighted by Gasteiger charge is 2.25. The summed E-state index contributed by atoms with van der Waals surface area (Å²) in [4.78, 5) is 29.3. The third-order valence-electron chi connectivity index (χ3n) is 2.61. The average Bonchev–Trinajstić information content (AvgIpc) is 2.79. The summed E-state index contributed by atoms with van der Waals surface area (Å²) in [6, 6.07) is -1.73. The predicted octanol–water partition coefficient (Wildman–Crippen LogP) is -0.495. The number of carbonyl (C=O) groups excluding carboxylic acids is 1. The van der Waals surface area contributed by atoms with Crippen molar-refractivity contribution in [1.29, 1.82) is 0 Å². The maximum Gasteiger partial charge on any atom is 0.326 e. The summed E-state index contributed by atoms with van der Waals surface area (Å²) in [6.45, 7) is 3.60. The lowest BCUT2D eigenvalue weighted by Gasteiger charge is -2.19. The number of aromatic amines is 1. The Morgan fingerprint density at radius 3 is 2.67 bits per heavy atom. The van der Waals surface area contributed by atoms with E-state index in [1.807, 2.05) is 0 Å². The maximum absolute atomic E-state index is 11.7. The Morgan fingerprint density at radius 2 is 2.22 bits per heavy atom. The van der Waals surface area contributed by atoms with Gasteiger partial charge in [0.2, 0.25) is 5.91 Å². The quantitative estimate of drug-likeness (QED) is 0.545. The van der Waals surface area contributed by atoms with E-state index in [1.54, 1.807) is 13.8 Å². The normalized spacial score (nSPS) is 14.2. The number of aromatic nitrogens is 2. The van der Waals surface area contributed by atoms with Gasteiger partial charge in [0, 0.05) is 18.3 Å². The Balaban J connectivity index is 2.64. The van der Waals surface area contributed by atoms with Gasteiger partial charge in [0.15, 0.2) is 0 Å². The zero-order valence-electron chi connectivity index (χ0n) is 10.4. The molecule has 2 atom stereocenters. The minimum atomic E-state index is -1.10. The molecule has 0 saturated heterocycles. The van der Waals surface area contributed by atoms with Crippen LogP contribution in [-0.4, -0.2) is 39.0 Å². The first-order valence-corrected chi connectivity index (χ1v) is 5.67. The molecule has 7 heteroatoms. The Labute approximate surface area is 105 Å². The number of imidazole rings is 1. The van der Waals surface area contributed by atoms with Gasteiger partial charge >= 0.3 is 5.97 Å². The van der Waals surface area contributed by atoms with Crippen molar-refractivity contribution in [2.24, 2.45) is 11.7 Å². The van der Waals surface area contributed by atoms with Gasteiger partial charge in [-0.25, -0.2) is 9.78 Å². The number of H-pyrrole nitrogens is 1. The highest BCUT2D eigenvalue weighted by atomic mass is 16.4. The number of rotatable bonds is 6. The second-order valence-electron chi connectivity index (χ2n) is 4.45. The number of amides is 1. The lowest BCUT2D eigenvalue weighted by atomic mass is 10.0. The molecule has 7 nitrogen and oxygen atoms in total. The summed E-state index contributed by atoms with van der Waals surface area (Å²) in [5, 5.41) is 11.5. The summed E-state index contributed by atoms with van der Waals surface area (Å²) in [7, 11) is 0. The first-order chi connectivity index (χ1) is 8.41. The molecule has 1 rings (SSSR count). The lowest BCUT2D eigenvalue weighted by molar-refractivity contribution is -0.142. The number of hydrogen-bond acceptors (Lipinski definition) is 4. The third kappa shape index (κ3) is 3.85. The van der Waals surface area contributed by atoms with Crippen LogP contribution in [0.4, 0.5) is 0 Å². The van der Waals surface area contributed by atoms with Crippen molar-refractivity contribution in [2.45, 2.75) is 32.4 Å². The van der Waals surface area contributed by atoms with Crippen molar-refractivity contribution in [3.8, 4) is 0 Å². The van der Waals surface area contributed by atoms with E-state index in [4.69, 9.17) is 10.8 Å². The maximum atomic E-state index is 11.7. The van der Waals surface area contributed by atoms with Crippen LogP contribution in [0.1, 0.15) is 19.5 Å². The molecule has 1 aromatic heterocycles. The molecule has 0 aliphatic rings. The third-order valence-corrected chi connectivity index (χ3v) is 2.61. The summed E-state index contributed by atoms with van der Waals surface area (Å²) < 4.78 is 0. The molecular weight excluding hydrogens is 236 g/mol. The number of nitrogens with one attached hydrogen (secondary N) is 2. The molecule has 0 spiro atoms. The number of carboxylic acid groups (broad SMARTS) is 1. The molecular formula is C11H18N4O3. The first-order valence-electron chi connectivity index (χ1n) is 5.67. The molecule has 1 aromatic rings. The fourth-order valence-electron chi connectivity index (χ4n) is 1.39. The molecule has 0 unspecified atom stereocenters. The van der Waals surface area contributed by atoms with Crippen LogP contribution in [0.15, 0.2) is 12.5 Å². The van der Waals surface area contributed by atoms with Crippen LogP contribution in [-0.2, 0) is 16.0 Å². The van der Waals surface area contributed by atoms with E-state index in [-0.39, 0.29) is 12.3 Å². The fraction of sp³-hybridized carbons (Fsp3) is 0.545. The Hall–Kier alpha value is -1.89. The highest BCUT2D eigenvalue weighted by Crippen LogP contribution is 2.02. The van der Waals surface area contributed by atoms with Crippen LogP contribution >= 0.6 is 0 Å². The zero-order valence-corrected chi connectivity index (χ0v) is 10.4. The van der Waals surface area contributed by atoms with E-state index < -0.39 is 24.0 Å². The van der Waals surface area contributed by atoms with E-state index in [1.165, 1.54) is 12.5 Å². The molecule has 1 heterocycles. The van der Waals surface area contributed by atoms with Gasteiger partial charge in [-0.15, -0.1) is 0 Å². The molecule has 1 amide bonds. The molecule has 5 N–H and O–H groups in total. The van der Waals surface area contributed by atoms with Crippen LogP contribution in [0.25, 0.3) is 0 Å². The van der Waals surface area contributed by atoms with Crippen LogP contribution < -0.4 is 11.1 Å². The van der Waals surface area contributed by atoms with Gasteiger partial charge in [0.25, 0.3) is 0 Å². The van der Waals surface area contributed by atoms with Crippen molar-refractivity contribution >= 4 is 11.9 Å². The molecule has 0 aliphatic heterocycles. The topological polar surface area (TPSA) is 121 Å². The van der Waals surface area contributed by atoms with E-state index in [0.29, 0.717) is 5.69 Å². The zero-order chi connectivity index (χ0) is 13.7. The van der Waals surface area contributed by atoms with Gasteiger partial charge in [-0.1, -0.05) is 13.8 Å². The van der Waals surface area contributed by atoms with E-state index in [0.717, 1.165) is 0 Å². The number of nitrogens with two attached hydrogens (primary N) is 1. The Kier molecular flexibility index (Phi) is 4.85. The first kappa shape index (κ1) is 14.2. The molecule has 18 heavy (non-hydrogen) atoms. The van der Waals surface area contributed by atoms with Gasteiger partial charge in [-0.2, -0.15) is 0 Å². The fourth-order valence-corrected chi connectivity index (χ4v) is 1.39. The molecule has 0 saturated carbocycles. The summed E-state index contributed by atoms with van der Waals surface area (Å²) in [5.41, 5.74) is 6.30. The highest BCUT2D eigenvalue weighted by molar-refractivity contribution is 5.87. The van der Waals surface area contributed by atoms with E-state index in [2.05, 4.69) is 15.3 Å². The average molecular weight is 254 g/mol. The monoisotopic (exact) mass is 254 g/mol. The van der Waals surface area contributed by atoms with Crippen LogP contribution in [0, 0.1) is 5.92 Å². The van der Waals surface area contributed by atoms with Crippen molar-refractivity contribution in [1.82, 2.24) is 15.3 Å². The van der Waals surface area contributed by atoms with Gasteiger partial charge in [-0.3, -0.25) is 4.79 Å². The molecule has 0 fully saturated rings. The van der Waals surface area contributed by atoms with Gasteiger partial charge in [-0.05, 0) is 5.92 Å². The van der Waals surface area contributed by atoms with Gasteiger partial charge < -0.3 is 21.1 Å². The van der Waals surface area contributed by atoms with Crippen molar-refractivity contribution in [3.05, 3.63) is 18.2 Å². The molecule has 0 aliphatic carbocycles. The Bertz CT molecular complexity index is 402. The van der Waals surface area contributed by atoms with E-state index >= 15 is 0 Å². The summed E-state index contributed by atoms with van der Waals surface area (Å²) in [6.07, 6.45) is 3.12. The number of aliphatic carboxylic acids is 1. The van der Waals surface area contributed by atoms with E-state index in [9.17, 15) is 9.59 Å². The number of nitrogens with zero attached hydrogens (tertiary/aromatic N) is 1. The lowest BCUT2D eigenvalue weighted by Crippen LogP contribution is -2.51. The largest absolute Gasteiger partial charge is 0.480 e. The smallest absolute Gasteiger partial charge is 0.326 e. The van der Waals surface area contributed by atoms with Crippen molar-refractivity contribution < 1.29 is 14.7 Å². The van der Waals surface area contributed by atoms with Gasteiger partial charge in [0.05, 0.1) is 12.4 Å². The summed E-state index contributed by atoms with van der Waals surface area (Å²) >= 11 is 0. The minimum absolute atomic E-state index is 0.0494. The minimum Gasteiger partial charge on any atom is -0.480 e. The second-order valence-corrected chi connectivity index (χ2v) is 4.45. The van der Waals surface area contributed by atoms with Crippen LogP contribution in [0.5, 0.6) is 0 Å². The standard InChI is InChI=1S/C11H18N4O3/c1-6(2)9(12)10(16)15-8(11(17)18)3-7-4-13-5-14-7/h4-6,8-9H,3,12H2,1-2H3,(H,13,14)(H,15,16)(H,17,18)/t8-,9+/m0/s1. The van der Waals surface area contributed by atoms with Gasteiger partial charge in [0.1, 0.15) is 6.04 Å². The van der Waals surface area contributed by atoms with Crippen LogP contribution in [0.2, 0.25) is 0 Å². The predicted molar refractivity (Wildman–Crippen MR) is 64.7 cm³/mol. The number of carboxylic acids is 1. The number of hydrogen-bond donors (Lipinski definition) is 4. The molecule has 0 radical (unpaired) electrons. The Morgan fingerprint density at radius 1 is 1.56 bits per heavy atom. The second kappa shape index (κ2) is 6.15. The van der Waals surface area contributed by atoms with Crippen LogP contribution in [0.3, 0.4) is 0 Å². The van der Waals surface area contributed by atoms with Crippen molar-refractivity contribution in [3.63, 3.8) is 0 Å². The molecule has 0 bridgehead atoms. The molecule has 100 valence electrons. The molecule has 0 aromatic carbocycles. The van der Waals surface area contributed by atoms with Crippen molar-refractivity contribution in [2.75, 3.05) is 0 Å².